The van der Waals surface area contributed by atoms with Gasteiger partial charge in [0.1, 0.15) is 6.10 Å². The van der Waals surface area contributed by atoms with Crippen LogP contribution in [0.25, 0.3) is 0 Å². The highest BCUT2D eigenvalue weighted by Gasteiger charge is 2.55. The number of pyridine rings is 1. The Hall–Kier alpha value is -2.22. The second-order valence-electron chi connectivity index (χ2n) is 11.3. The van der Waals surface area contributed by atoms with E-state index >= 15 is 0 Å². The number of rotatable bonds is 2. The van der Waals surface area contributed by atoms with Crippen molar-refractivity contribution in [3.63, 3.8) is 0 Å². The third-order valence-corrected chi connectivity index (χ3v) is 7.99. The van der Waals surface area contributed by atoms with Crippen LogP contribution >= 0.6 is 0 Å². The monoisotopic (exact) mass is 430 g/mol. The number of benzene rings is 1. The minimum Gasteiger partial charge on any atom is -0.388 e. The summed E-state index contributed by atoms with van der Waals surface area (Å²) in [5, 5.41) is 20.7. The molecule has 0 bridgehead atoms. The number of nitrogens with zero attached hydrogens (tertiary/aromatic N) is 2. The van der Waals surface area contributed by atoms with E-state index in [1.807, 2.05) is 24.3 Å². The first-order valence-electron chi connectivity index (χ1n) is 12.1. The second kappa shape index (κ2) is 7.40. The van der Waals surface area contributed by atoms with Gasteiger partial charge in [-0.15, -0.1) is 0 Å². The maximum absolute atomic E-state index is 11.4. The van der Waals surface area contributed by atoms with Gasteiger partial charge in [-0.1, -0.05) is 46.8 Å². The fraction of sp³-hybridized carbons (Fsp3) is 0.571. The lowest BCUT2D eigenvalue weighted by Crippen LogP contribution is -2.34. The first-order chi connectivity index (χ1) is 15.2. The standard InChI is InChI=1S/C28H34N2O2/c1-16(2)25-23-24(22-20(30-25)13-27(4,5)14-21(22)31)28(12-6-7-17(28)3)32-26(23)19-10-8-18(15-29)9-11-19/h8-11,16-17,21,26,31H,6-7,12-14H2,1-5H3. The smallest absolute Gasteiger partial charge is 0.111 e. The molecule has 0 amide bonds. The zero-order chi connectivity index (χ0) is 22.8. The van der Waals surface area contributed by atoms with E-state index < -0.39 is 6.10 Å². The van der Waals surface area contributed by atoms with Crippen LogP contribution in [0.4, 0.5) is 0 Å². The van der Waals surface area contributed by atoms with Crippen LogP contribution in [0.15, 0.2) is 24.3 Å². The molecule has 32 heavy (non-hydrogen) atoms. The molecular weight excluding hydrogens is 396 g/mol. The molecule has 1 saturated carbocycles. The molecule has 4 heteroatoms. The van der Waals surface area contributed by atoms with Gasteiger partial charge in [-0.25, -0.2) is 0 Å². The number of hydrogen-bond donors (Lipinski definition) is 1. The molecular formula is C28H34N2O2. The normalized spacial score (nSPS) is 30.4. The molecule has 2 aliphatic carbocycles. The van der Waals surface area contributed by atoms with Gasteiger partial charge in [-0.2, -0.15) is 5.26 Å². The van der Waals surface area contributed by atoms with E-state index in [0.717, 1.165) is 54.6 Å². The average molecular weight is 431 g/mol. The number of nitriles is 1. The largest absolute Gasteiger partial charge is 0.388 e. The van der Waals surface area contributed by atoms with Crippen molar-refractivity contribution in [1.82, 2.24) is 4.98 Å². The summed E-state index contributed by atoms with van der Waals surface area (Å²) in [5.41, 5.74) is 7.03. The fourth-order valence-corrected chi connectivity index (χ4v) is 6.48. The van der Waals surface area contributed by atoms with Crippen molar-refractivity contribution in [2.24, 2.45) is 11.3 Å². The molecule has 1 N–H and O–H groups in total. The Bertz CT molecular complexity index is 1100. The number of aliphatic hydroxyl groups excluding tert-OH is 1. The Kier molecular flexibility index (Phi) is 5.00. The van der Waals surface area contributed by atoms with Crippen molar-refractivity contribution in [2.45, 2.75) is 90.4 Å². The molecule has 168 valence electrons. The number of fused-ring (bicyclic) bond motifs is 4. The summed E-state index contributed by atoms with van der Waals surface area (Å²) >= 11 is 0. The second-order valence-corrected chi connectivity index (χ2v) is 11.3. The van der Waals surface area contributed by atoms with Crippen LogP contribution < -0.4 is 0 Å². The molecule has 0 saturated heterocycles. The Morgan fingerprint density at radius 1 is 1.19 bits per heavy atom. The van der Waals surface area contributed by atoms with Gasteiger partial charge in [0.05, 0.1) is 23.3 Å². The van der Waals surface area contributed by atoms with Crippen LogP contribution in [0.3, 0.4) is 0 Å². The predicted molar refractivity (Wildman–Crippen MR) is 124 cm³/mol. The maximum Gasteiger partial charge on any atom is 0.111 e. The van der Waals surface area contributed by atoms with E-state index in [1.54, 1.807) is 0 Å². The highest BCUT2D eigenvalue weighted by molar-refractivity contribution is 5.55. The van der Waals surface area contributed by atoms with E-state index in [9.17, 15) is 10.4 Å². The third-order valence-electron chi connectivity index (χ3n) is 7.99. The predicted octanol–water partition coefficient (Wildman–Crippen LogP) is 6.22. The Morgan fingerprint density at radius 2 is 1.91 bits per heavy atom. The summed E-state index contributed by atoms with van der Waals surface area (Å²) in [6.07, 6.45) is 4.17. The summed E-state index contributed by atoms with van der Waals surface area (Å²) in [7, 11) is 0. The highest BCUT2D eigenvalue weighted by atomic mass is 16.5. The molecule has 1 aromatic heterocycles. The average Bonchev–Trinajstić information content (AvgIpc) is 3.27. The lowest BCUT2D eigenvalue weighted by molar-refractivity contribution is -0.0842. The first kappa shape index (κ1) is 21.6. The van der Waals surface area contributed by atoms with E-state index in [1.165, 1.54) is 11.1 Å². The Balaban J connectivity index is 1.80. The highest BCUT2D eigenvalue weighted by Crippen LogP contribution is 2.61. The van der Waals surface area contributed by atoms with Crippen LogP contribution in [0.5, 0.6) is 0 Å². The maximum atomic E-state index is 11.4. The summed E-state index contributed by atoms with van der Waals surface area (Å²) in [5.74, 6) is 0.644. The van der Waals surface area contributed by atoms with Gasteiger partial charge in [-0.05, 0) is 72.6 Å². The van der Waals surface area contributed by atoms with Crippen molar-refractivity contribution in [2.75, 3.05) is 0 Å². The van der Waals surface area contributed by atoms with Crippen molar-refractivity contribution in [3.8, 4) is 6.07 Å². The minimum atomic E-state index is -0.510. The van der Waals surface area contributed by atoms with Crippen LogP contribution in [0, 0.1) is 22.7 Å². The quantitative estimate of drug-likeness (QED) is 0.614. The van der Waals surface area contributed by atoms with E-state index in [-0.39, 0.29) is 23.0 Å². The van der Waals surface area contributed by atoms with Gasteiger partial charge in [0, 0.05) is 22.5 Å². The summed E-state index contributed by atoms with van der Waals surface area (Å²) < 4.78 is 7.08. The van der Waals surface area contributed by atoms with Gasteiger partial charge in [-0.3, -0.25) is 4.98 Å². The van der Waals surface area contributed by atoms with Crippen LogP contribution in [0.1, 0.15) is 118 Å². The van der Waals surface area contributed by atoms with Crippen LogP contribution in [0.2, 0.25) is 0 Å². The van der Waals surface area contributed by atoms with Gasteiger partial charge >= 0.3 is 0 Å². The minimum absolute atomic E-state index is 0.0301. The lowest BCUT2D eigenvalue weighted by atomic mass is 9.69. The van der Waals surface area contributed by atoms with E-state index in [0.29, 0.717) is 11.5 Å². The molecule has 2 aromatic rings. The molecule has 1 spiro atoms. The zero-order valence-corrected chi connectivity index (χ0v) is 19.9. The molecule has 1 aliphatic heterocycles. The molecule has 1 fully saturated rings. The third kappa shape index (κ3) is 3.13. The molecule has 4 unspecified atom stereocenters. The SMILES string of the molecule is CC(C)c1nc2c(c3c1C(c1ccc(C#N)cc1)OC31CCCC1C)C(O)CC(C)(C)C2. The molecule has 2 heterocycles. The topological polar surface area (TPSA) is 66.1 Å². The van der Waals surface area contributed by atoms with Gasteiger partial charge in [0.25, 0.3) is 0 Å². The van der Waals surface area contributed by atoms with Crippen LogP contribution in [-0.2, 0) is 16.8 Å². The van der Waals surface area contributed by atoms with Crippen molar-refractivity contribution in [3.05, 3.63) is 63.5 Å². The number of ether oxygens (including phenoxy) is 1. The van der Waals surface area contributed by atoms with Gasteiger partial charge in [0.2, 0.25) is 0 Å². The first-order valence-corrected chi connectivity index (χ1v) is 12.1. The fourth-order valence-electron chi connectivity index (χ4n) is 6.48. The summed E-state index contributed by atoms with van der Waals surface area (Å²) in [6.45, 7) is 11.2. The molecule has 1 aromatic carbocycles. The van der Waals surface area contributed by atoms with Gasteiger partial charge < -0.3 is 9.84 Å². The molecule has 5 rings (SSSR count). The number of aliphatic hydroxyl groups is 1. The van der Waals surface area contributed by atoms with Gasteiger partial charge in [0.15, 0.2) is 0 Å². The van der Waals surface area contributed by atoms with Crippen LogP contribution in [-0.4, -0.2) is 10.1 Å². The van der Waals surface area contributed by atoms with E-state index in [4.69, 9.17) is 9.72 Å². The summed E-state index contributed by atoms with van der Waals surface area (Å²) in [6, 6.07) is 10.0. The molecule has 0 radical (unpaired) electrons. The van der Waals surface area contributed by atoms with E-state index in [2.05, 4.69) is 40.7 Å². The van der Waals surface area contributed by atoms with Crippen molar-refractivity contribution in [1.29, 1.82) is 5.26 Å². The Morgan fingerprint density at radius 3 is 2.50 bits per heavy atom. The Labute approximate surface area is 191 Å². The number of aromatic nitrogens is 1. The number of hydrogen-bond acceptors (Lipinski definition) is 4. The lowest BCUT2D eigenvalue weighted by Gasteiger charge is -2.39. The van der Waals surface area contributed by atoms with Crippen molar-refractivity contribution < 1.29 is 9.84 Å². The zero-order valence-electron chi connectivity index (χ0n) is 19.9. The van der Waals surface area contributed by atoms with Crippen molar-refractivity contribution >= 4 is 0 Å². The molecule has 3 aliphatic rings. The summed E-state index contributed by atoms with van der Waals surface area (Å²) in [4.78, 5) is 5.23. The molecule has 4 nitrogen and oxygen atoms in total. The molecule has 4 atom stereocenters.